The van der Waals surface area contributed by atoms with Gasteiger partial charge in [-0.25, -0.2) is 4.98 Å². The summed E-state index contributed by atoms with van der Waals surface area (Å²) in [6.07, 6.45) is 7.45. The average Bonchev–Trinajstić information content (AvgIpc) is 3.38. The Bertz CT molecular complexity index is 893. The summed E-state index contributed by atoms with van der Waals surface area (Å²) in [5, 5.41) is 7.48. The van der Waals surface area contributed by atoms with Crippen LogP contribution >= 0.6 is 0 Å². The smallest absolute Gasteiger partial charge is 0.255 e. The van der Waals surface area contributed by atoms with Gasteiger partial charge < -0.3 is 14.6 Å². The first-order valence-electron chi connectivity index (χ1n) is 9.69. The topological polar surface area (TPSA) is 76.2 Å². The molecule has 3 aromatic rings. The third kappa shape index (κ3) is 4.42. The second-order valence-electron chi connectivity index (χ2n) is 7.26. The molecule has 0 radical (unpaired) electrons. The van der Waals surface area contributed by atoms with E-state index in [-0.39, 0.29) is 5.91 Å². The van der Waals surface area contributed by atoms with Gasteiger partial charge in [-0.15, -0.1) is 0 Å². The number of likely N-dealkylation sites (tertiary alicyclic amines) is 1. The van der Waals surface area contributed by atoms with E-state index in [9.17, 15) is 4.79 Å². The van der Waals surface area contributed by atoms with Crippen molar-refractivity contribution in [1.82, 2.24) is 19.7 Å². The van der Waals surface area contributed by atoms with Crippen LogP contribution in [0.4, 0.5) is 5.82 Å². The summed E-state index contributed by atoms with van der Waals surface area (Å²) in [6, 6.07) is 9.49. The molecular weight excluding hydrogens is 354 g/mol. The lowest BCUT2D eigenvalue weighted by molar-refractivity contribution is 0.0681. The van der Waals surface area contributed by atoms with E-state index in [1.165, 1.54) is 0 Å². The fourth-order valence-electron chi connectivity index (χ4n) is 3.56. The summed E-state index contributed by atoms with van der Waals surface area (Å²) in [5.74, 6) is 3.09. The summed E-state index contributed by atoms with van der Waals surface area (Å²) in [4.78, 5) is 19.0. The van der Waals surface area contributed by atoms with Crippen molar-refractivity contribution in [3.8, 4) is 0 Å². The molecule has 0 spiro atoms. The van der Waals surface area contributed by atoms with Crippen molar-refractivity contribution in [2.24, 2.45) is 5.92 Å². The lowest BCUT2D eigenvalue weighted by Gasteiger charge is -2.32. The molecule has 3 aromatic heterocycles. The van der Waals surface area contributed by atoms with E-state index < -0.39 is 0 Å². The number of carbonyl (C=O) groups excluding carboxylic acids is 1. The van der Waals surface area contributed by atoms with Gasteiger partial charge in [-0.05, 0) is 56.0 Å². The van der Waals surface area contributed by atoms with Gasteiger partial charge in [-0.1, -0.05) is 0 Å². The van der Waals surface area contributed by atoms with Crippen LogP contribution in [-0.4, -0.2) is 38.7 Å². The molecule has 0 bridgehead atoms. The van der Waals surface area contributed by atoms with Gasteiger partial charge in [0.05, 0.1) is 12.1 Å². The minimum absolute atomic E-state index is 0.0539. The zero-order chi connectivity index (χ0) is 19.3. The van der Waals surface area contributed by atoms with Crippen molar-refractivity contribution >= 4 is 11.7 Å². The van der Waals surface area contributed by atoms with Crippen LogP contribution in [0.1, 0.15) is 34.7 Å². The SMILES string of the molecule is Cc1ccc(CNc2ccc(C(=O)N3CCC(Cn4cccn4)CC3)cn2)o1. The number of anilines is 1. The van der Waals surface area contributed by atoms with Crippen molar-refractivity contribution in [2.45, 2.75) is 32.9 Å². The fraction of sp³-hybridized carbons (Fsp3) is 0.381. The summed E-state index contributed by atoms with van der Waals surface area (Å²) in [5.41, 5.74) is 0.630. The molecule has 7 nitrogen and oxygen atoms in total. The molecule has 1 aliphatic heterocycles. The van der Waals surface area contributed by atoms with Crippen LogP contribution in [0.5, 0.6) is 0 Å². The number of rotatable bonds is 6. The zero-order valence-electron chi connectivity index (χ0n) is 16.0. The van der Waals surface area contributed by atoms with Gasteiger partial charge in [0.15, 0.2) is 0 Å². The third-order valence-electron chi connectivity index (χ3n) is 5.16. The van der Waals surface area contributed by atoms with Crippen LogP contribution in [0.15, 0.2) is 53.3 Å². The second-order valence-corrected chi connectivity index (χ2v) is 7.26. The fourth-order valence-corrected chi connectivity index (χ4v) is 3.56. The molecule has 0 aliphatic carbocycles. The van der Waals surface area contributed by atoms with Crippen molar-refractivity contribution in [3.05, 3.63) is 66.0 Å². The Labute approximate surface area is 164 Å². The minimum atomic E-state index is 0.0539. The predicted molar refractivity (Wildman–Crippen MR) is 106 cm³/mol. The Balaban J connectivity index is 1.27. The number of piperidine rings is 1. The zero-order valence-corrected chi connectivity index (χ0v) is 16.0. The Kier molecular flexibility index (Phi) is 5.41. The Morgan fingerprint density at radius 3 is 2.75 bits per heavy atom. The molecule has 1 N–H and O–H groups in total. The number of nitrogens with zero attached hydrogens (tertiary/aromatic N) is 4. The van der Waals surface area contributed by atoms with Crippen LogP contribution < -0.4 is 5.32 Å². The maximum absolute atomic E-state index is 12.7. The highest BCUT2D eigenvalue weighted by Crippen LogP contribution is 2.21. The van der Waals surface area contributed by atoms with E-state index in [0.29, 0.717) is 18.0 Å². The summed E-state index contributed by atoms with van der Waals surface area (Å²) < 4.78 is 7.51. The van der Waals surface area contributed by atoms with E-state index in [4.69, 9.17) is 4.42 Å². The van der Waals surface area contributed by atoms with Crippen molar-refractivity contribution in [2.75, 3.05) is 18.4 Å². The molecule has 7 heteroatoms. The summed E-state index contributed by atoms with van der Waals surface area (Å²) in [6.45, 7) is 4.97. The number of aromatic nitrogens is 3. The molecule has 0 saturated carbocycles. The van der Waals surface area contributed by atoms with Crippen LogP contribution in [-0.2, 0) is 13.1 Å². The van der Waals surface area contributed by atoms with Gasteiger partial charge in [-0.3, -0.25) is 9.48 Å². The molecule has 4 heterocycles. The molecule has 0 aromatic carbocycles. The highest BCUT2D eigenvalue weighted by atomic mass is 16.3. The molecule has 1 aliphatic rings. The molecule has 0 atom stereocenters. The standard InChI is InChI=1S/C21H25N5O2/c1-16-3-5-19(28-16)14-23-20-6-4-18(13-22-20)21(27)25-11-7-17(8-12-25)15-26-10-2-9-24-26/h2-6,9-10,13,17H,7-8,11-12,14-15H2,1H3,(H,22,23). The first kappa shape index (κ1) is 18.3. The summed E-state index contributed by atoms with van der Waals surface area (Å²) in [7, 11) is 0. The first-order chi connectivity index (χ1) is 13.7. The second kappa shape index (κ2) is 8.29. The Hall–Kier alpha value is -3.09. The number of aryl methyl sites for hydroxylation is 1. The number of amides is 1. The summed E-state index contributed by atoms with van der Waals surface area (Å²) >= 11 is 0. The Morgan fingerprint density at radius 2 is 2.11 bits per heavy atom. The highest BCUT2D eigenvalue weighted by molar-refractivity contribution is 5.94. The van der Waals surface area contributed by atoms with Crippen LogP contribution in [0.2, 0.25) is 0 Å². The quantitative estimate of drug-likeness (QED) is 0.711. The van der Waals surface area contributed by atoms with E-state index >= 15 is 0 Å². The number of carbonyl (C=O) groups is 1. The van der Waals surface area contributed by atoms with Gasteiger partial charge >= 0.3 is 0 Å². The van der Waals surface area contributed by atoms with Crippen molar-refractivity contribution < 1.29 is 9.21 Å². The number of furan rings is 1. The molecule has 146 valence electrons. The van der Waals surface area contributed by atoms with Gasteiger partial charge in [0.2, 0.25) is 0 Å². The molecule has 0 unspecified atom stereocenters. The number of hydrogen-bond acceptors (Lipinski definition) is 5. The van der Waals surface area contributed by atoms with Gasteiger partial charge in [0, 0.05) is 38.2 Å². The largest absolute Gasteiger partial charge is 0.465 e. The molecule has 1 fully saturated rings. The van der Waals surface area contributed by atoms with Gasteiger partial charge in [0.25, 0.3) is 5.91 Å². The van der Waals surface area contributed by atoms with Crippen LogP contribution in [0, 0.1) is 12.8 Å². The van der Waals surface area contributed by atoms with Gasteiger partial charge in [0.1, 0.15) is 17.3 Å². The molecule has 4 rings (SSSR count). The predicted octanol–water partition coefficient (Wildman–Crippen LogP) is 3.34. The minimum Gasteiger partial charge on any atom is -0.465 e. The van der Waals surface area contributed by atoms with Crippen molar-refractivity contribution in [3.63, 3.8) is 0 Å². The number of nitrogens with one attached hydrogen (secondary N) is 1. The average molecular weight is 379 g/mol. The maximum Gasteiger partial charge on any atom is 0.255 e. The maximum atomic E-state index is 12.7. The lowest BCUT2D eigenvalue weighted by atomic mass is 9.96. The first-order valence-corrected chi connectivity index (χ1v) is 9.69. The van der Waals surface area contributed by atoms with E-state index in [1.54, 1.807) is 12.4 Å². The normalized spacial score (nSPS) is 15.0. The highest BCUT2D eigenvalue weighted by Gasteiger charge is 2.24. The lowest BCUT2D eigenvalue weighted by Crippen LogP contribution is -2.39. The van der Waals surface area contributed by atoms with Crippen LogP contribution in [0.3, 0.4) is 0 Å². The number of hydrogen-bond donors (Lipinski definition) is 1. The van der Waals surface area contributed by atoms with Gasteiger partial charge in [-0.2, -0.15) is 5.10 Å². The molecule has 1 saturated heterocycles. The molecule has 28 heavy (non-hydrogen) atoms. The van der Waals surface area contributed by atoms with Crippen molar-refractivity contribution in [1.29, 1.82) is 0 Å². The van der Waals surface area contributed by atoms with E-state index in [2.05, 4.69) is 15.4 Å². The third-order valence-corrected chi connectivity index (χ3v) is 5.16. The van der Waals surface area contributed by atoms with E-state index in [0.717, 1.165) is 49.8 Å². The monoisotopic (exact) mass is 379 g/mol. The molecule has 1 amide bonds. The van der Waals surface area contributed by atoms with Crippen LogP contribution in [0.25, 0.3) is 0 Å². The van der Waals surface area contributed by atoms with E-state index in [1.807, 2.05) is 53.0 Å². The molecular formula is C21H25N5O2. The Morgan fingerprint density at radius 1 is 1.25 bits per heavy atom. The number of pyridine rings is 1.